The van der Waals surface area contributed by atoms with Crippen LogP contribution in [0, 0.1) is 0 Å². The highest BCUT2D eigenvalue weighted by molar-refractivity contribution is 5.77. The average Bonchev–Trinajstić information content (AvgIpc) is 3.50. The number of rotatable bonds is 5. The van der Waals surface area contributed by atoms with Gasteiger partial charge < -0.3 is 9.09 Å². The molecule has 3 aromatic heterocycles. The van der Waals surface area contributed by atoms with E-state index in [-0.39, 0.29) is 0 Å². The summed E-state index contributed by atoms with van der Waals surface area (Å²) in [5.41, 5.74) is 3.81. The van der Waals surface area contributed by atoms with Crippen LogP contribution in [0.2, 0.25) is 0 Å². The minimum atomic E-state index is 0.800. The van der Waals surface area contributed by atoms with Gasteiger partial charge in [-0.25, -0.2) is 4.98 Å². The van der Waals surface area contributed by atoms with Crippen LogP contribution in [0.1, 0.15) is 0 Å². The highest BCUT2D eigenvalue weighted by Crippen LogP contribution is 2.35. The Morgan fingerprint density at radius 3 is 2.31 bits per heavy atom. The maximum absolute atomic E-state index is 5.02. The van der Waals surface area contributed by atoms with Gasteiger partial charge in [-0.15, -0.1) is 0 Å². The van der Waals surface area contributed by atoms with E-state index in [9.17, 15) is 0 Å². The van der Waals surface area contributed by atoms with E-state index in [1.165, 1.54) is 0 Å². The van der Waals surface area contributed by atoms with Crippen LogP contribution < -0.4 is 4.90 Å². The fourth-order valence-electron chi connectivity index (χ4n) is 3.32. The SMILES string of the molecule is c1ccc(N(c2cccc(-c3ccon3)c2)c2cccc(-n3cccc3)n2)cc1. The molecule has 5 heteroatoms. The summed E-state index contributed by atoms with van der Waals surface area (Å²) in [6.45, 7) is 0. The number of aromatic nitrogens is 3. The number of hydrogen-bond donors (Lipinski definition) is 0. The smallest absolute Gasteiger partial charge is 0.140 e. The van der Waals surface area contributed by atoms with E-state index in [1.807, 2.05) is 83.7 Å². The lowest BCUT2D eigenvalue weighted by Gasteiger charge is -2.25. The lowest BCUT2D eigenvalue weighted by atomic mass is 10.1. The van der Waals surface area contributed by atoms with Gasteiger partial charge in [0.2, 0.25) is 0 Å². The molecule has 0 aliphatic rings. The summed E-state index contributed by atoms with van der Waals surface area (Å²) in [5, 5.41) is 4.07. The summed E-state index contributed by atoms with van der Waals surface area (Å²) in [6.07, 6.45) is 5.56. The number of anilines is 3. The molecule has 0 bridgehead atoms. The minimum absolute atomic E-state index is 0.800. The second kappa shape index (κ2) is 7.48. The molecule has 3 heterocycles. The van der Waals surface area contributed by atoms with Crippen molar-refractivity contribution in [2.45, 2.75) is 0 Å². The Labute approximate surface area is 168 Å². The number of pyridine rings is 1. The molecule has 0 N–H and O–H groups in total. The van der Waals surface area contributed by atoms with Crippen molar-refractivity contribution in [3.8, 4) is 17.1 Å². The van der Waals surface area contributed by atoms with E-state index in [0.717, 1.165) is 34.3 Å². The van der Waals surface area contributed by atoms with Crippen molar-refractivity contribution in [2.75, 3.05) is 4.90 Å². The van der Waals surface area contributed by atoms with E-state index in [1.54, 1.807) is 6.26 Å². The summed E-state index contributed by atoms with van der Waals surface area (Å²) in [6, 6.07) is 30.3. The van der Waals surface area contributed by atoms with Gasteiger partial charge in [0, 0.05) is 35.4 Å². The van der Waals surface area contributed by atoms with E-state index in [4.69, 9.17) is 9.51 Å². The number of hydrogen-bond acceptors (Lipinski definition) is 4. The van der Waals surface area contributed by atoms with Crippen molar-refractivity contribution in [2.24, 2.45) is 0 Å². The van der Waals surface area contributed by atoms with Gasteiger partial charge in [-0.05, 0) is 48.5 Å². The zero-order valence-electron chi connectivity index (χ0n) is 15.6. The Morgan fingerprint density at radius 2 is 1.52 bits per heavy atom. The molecular formula is C24H18N4O. The Hall–Kier alpha value is -4.12. The summed E-state index contributed by atoms with van der Waals surface area (Å²) in [5.74, 6) is 1.70. The van der Waals surface area contributed by atoms with Gasteiger partial charge >= 0.3 is 0 Å². The predicted octanol–water partition coefficient (Wildman–Crippen LogP) is 6.00. The Balaban J connectivity index is 1.64. The molecule has 29 heavy (non-hydrogen) atoms. The molecule has 5 aromatic rings. The minimum Gasteiger partial charge on any atom is -0.364 e. The van der Waals surface area contributed by atoms with Gasteiger partial charge in [-0.2, -0.15) is 0 Å². The lowest BCUT2D eigenvalue weighted by molar-refractivity contribution is 0.422. The van der Waals surface area contributed by atoms with Crippen LogP contribution in [0.25, 0.3) is 17.1 Å². The Bertz CT molecular complexity index is 1120. The first-order valence-corrected chi connectivity index (χ1v) is 9.35. The normalized spacial score (nSPS) is 10.8. The largest absolute Gasteiger partial charge is 0.364 e. The second-order valence-electron chi connectivity index (χ2n) is 6.55. The van der Waals surface area contributed by atoms with Crippen molar-refractivity contribution in [1.82, 2.24) is 14.7 Å². The molecule has 0 saturated heterocycles. The maximum Gasteiger partial charge on any atom is 0.140 e. The molecule has 0 spiro atoms. The van der Waals surface area contributed by atoms with Crippen LogP contribution in [0.4, 0.5) is 17.2 Å². The zero-order chi connectivity index (χ0) is 19.5. The summed E-state index contributed by atoms with van der Waals surface area (Å²) < 4.78 is 7.02. The molecule has 0 radical (unpaired) electrons. The number of nitrogens with zero attached hydrogens (tertiary/aromatic N) is 4. The molecule has 0 amide bonds. The van der Waals surface area contributed by atoms with Crippen LogP contribution >= 0.6 is 0 Å². The second-order valence-corrected chi connectivity index (χ2v) is 6.55. The number of benzene rings is 2. The Kier molecular flexibility index (Phi) is 4.39. The van der Waals surface area contributed by atoms with Crippen molar-refractivity contribution >= 4 is 17.2 Å². The Morgan fingerprint density at radius 1 is 0.724 bits per heavy atom. The molecule has 5 rings (SSSR count). The summed E-state index contributed by atoms with van der Waals surface area (Å²) in [4.78, 5) is 7.05. The molecular weight excluding hydrogens is 360 g/mol. The molecule has 140 valence electrons. The monoisotopic (exact) mass is 378 g/mol. The first-order valence-electron chi connectivity index (χ1n) is 9.35. The van der Waals surface area contributed by atoms with Crippen molar-refractivity contribution in [1.29, 1.82) is 0 Å². The van der Waals surface area contributed by atoms with Crippen LogP contribution in [-0.2, 0) is 0 Å². The molecule has 0 aliphatic carbocycles. The fraction of sp³-hybridized carbons (Fsp3) is 0. The van der Waals surface area contributed by atoms with Crippen LogP contribution in [0.3, 0.4) is 0 Å². The van der Waals surface area contributed by atoms with Crippen LogP contribution in [0.5, 0.6) is 0 Å². The van der Waals surface area contributed by atoms with Crippen LogP contribution in [0.15, 0.2) is 114 Å². The van der Waals surface area contributed by atoms with Crippen LogP contribution in [-0.4, -0.2) is 14.7 Å². The first-order chi connectivity index (χ1) is 14.4. The average molecular weight is 378 g/mol. The molecule has 0 unspecified atom stereocenters. The molecule has 2 aromatic carbocycles. The predicted molar refractivity (Wildman–Crippen MR) is 114 cm³/mol. The first kappa shape index (κ1) is 17.0. The number of para-hydroxylation sites is 1. The molecule has 0 fully saturated rings. The molecule has 0 atom stereocenters. The van der Waals surface area contributed by atoms with Gasteiger partial charge in [0.05, 0.1) is 0 Å². The van der Waals surface area contributed by atoms with Gasteiger partial charge in [-0.3, -0.25) is 4.90 Å². The van der Waals surface area contributed by atoms with Crippen molar-refractivity contribution in [3.05, 3.63) is 110 Å². The fourth-order valence-corrected chi connectivity index (χ4v) is 3.32. The van der Waals surface area contributed by atoms with Gasteiger partial charge in [-0.1, -0.05) is 41.6 Å². The highest BCUT2D eigenvalue weighted by atomic mass is 16.5. The van der Waals surface area contributed by atoms with Crippen molar-refractivity contribution < 1.29 is 4.52 Å². The van der Waals surface area contributed by atoms with Gasteiger partial charge in [0.25, 0.3) is 0 Å². The van der Waals surface area contributed by atoms with E-state index >= 15 is 0 Å². The maximum atomic E-state index is 5.02. The standard InChI is InChI=1S/C24H18N4O/c1-2-9-20(10-3-1)28(21-11-6-8-19(18-21)22-14-17-29-26-22)24-13-7-12-23(25-24)27-15-4-5-16-27/h1-18H. The van der Waals surface area contributed by atoms with E-state index in [2.05, 4.69) is 34.3 Å². The third-order valence-electron chi connectivity index (χ3n) is 4.67. The molecule has 5 nitrogen and oxygen atoms in total. The third kappa shape index (κ3) is 3.41. The molecule has 0 saturated carbocycles. The van der Waals surface area contributed by atoms with Gasteiger partial charge in [0.1, 0.15) is 23.6 Å². The highest BCUT2D eigenvalue weighted by Gasteiger charge is 2.15. The summed E-state index contributed by atoms with van der Waals surface area (Å²) >= 11 is 0. The van der Waals surface area contributed by atoms with E-state index < -0.39 is 0 Å². The quantitative estimate of drug-likeness (QED) is 0.376. The van der Waals surface area contributed by atoms with E-state index in [0.29, 0.717) is 0 Å². The topological polar surface area (TPSA) is 47.1 Å². The third-order valence-corrected chi connectivity index (χ3v) is 4.67. The van der Waals surface area contributed by atoms with Crippen molar-refractivity contribution in [3.63, 3.8) is 0 Å². The lowest BCUT2D eigenvalue weighted by Crippen LogP contribution is -2.12. The zero-order valence-corrected chi connectivity index (χ0v) is 15.6. The van der Waals surface area contributed by atoms with Gasteiger partial charge in [0.15, 0.2) is 0 Å². The molecule has 0 aliphatic heterocycles. The summed E-state index contributed by atoms with van der Waals surface area (Å²) in [7, 11) is 0.